The Morgan fingerprint density at radius 2 is 1.71 bits per heavy atom. The molecule has 1 amide bonds. The minimum atomic E-state index is -0.136. The van der Waals surface area contributed by atoms with Crippen molar-refractivity contribution in [2.75, 3.05) is 13.2 Å². The van der Waals surface area contributed by atoms with Crippen molar-refractivity contribution in [2.45, 2.75) is 32.2 Å². The highest BCUT2D eigenvalue weighted by Crippen LogP contribution is 2.25. The van der Waals surface area contributed by atoms with Crippen LogP contribution in [0.2, 0.25) is 15.1 Å². The van der Waals surface area contributed by atoms with Crippen molar-refractivity contribution < 1.29 is 9.53 Å². The third-order valence-electron chi connectivity index (χ3n) is 5.64. The summed E-state index contributed by atoms with van der Waals surface area (Å²) in [7, 11) is 0. The minimum Gasteiger partial charge on any atom is -0.484 e. The van der Waals surface area contributed by atoms with Gasteiger partial charge in [-0.1, -0.05) is 59.4 Å². The van der Waals surface area contributed by atoms with Crippen molar-refractivity contribution in [1.82, 2.24) is 14.9 Å². The molecule has 1 heterocycles. The first-order valence-electron chi connectivity index (χ1n) is 11.5. The van der Waals surface area contributed by atoms with Gasteiger partial charge in [-0.25, -0.2) is 4.98 Å². The number of nitrogens with zero attached hydrogens (tertiary/aromatic N) is 2. The maximum atomic E-state index is 12.0. The van der Waals surface area contributed by atoms with Gasteiger partial charge >= 0.3 is 0 Å². The van der Waals surface area contributed by atoms with Crippen LogP contribution in [0.1, 0.15) is 30.7 Å². The number of amides is 1. The number of benzene rings is 3. The maximum absolute atomic E-state index is 12.0. The highest BCUT2D eigenvalue weighted by Gasteiger charge is 2.12. The fourth-order valence-electron chi connectivity index (χ4n) is 3.86. The Labute approximate surface area is 220 Å². The van der Waals surface area contributed by atoms with E-state index in [2.05, 4.69) is 16.0 Å². The van der Waals surface area contributed by atoms with Gasteiger partial charge in [0.2, 0.25) is 0 Å². The highest BCUT2D eigenvalue weighted by molar-refractivity contribution is 6.42. The van der Waals surface area contributed by atoms with Crippen molar-refractivity contribution in [3.05, 3.63) is 93.2 Å². The average Bonchev–Trinajstić information content (AvgIpc) is 3.20. The molecule has 8 heteroatoms. The van der Waals surface area contributed by atoms with Crippen molar-refractivity contribution in [3.8, 4) is 5.75 Å². The second-order valence-electron chi connectivity index (χ2n) is 8.25. The number of unbranched alkanes of at least 4 members (excludes halogenated alkanes) is 2. The Bertz CT molecular complexity index is 1290. The van der Waals surface area contributed by atoms with Crippen LogP contribution in [0.4, 0.5) is 0 Å². The molecular weight excluding hydrogens is 505 g/mol. The number of hydrogen-bond donors (Lipinski definition) is 1. The number of imidazole rings is 1. The lowest BCUT2D eigenvalue weighted by Gasteiger charge is -2.11. The standard InChI is InChI=1S/C27H26Cl3N3O2/c28-20-10-12-21(13-11-20)35-18-27(34)31-15-5-1-2-8-26-32-24-6-3-4-7-25(24)33(26)17-19-9-14-22(29)23(30)16-19/h3-4,6-7,9-14,16H,1-2,5,8,15,17-18H2,(H,31,34). The van der Waals surface area contributed by atoms with Crippen LogP contribution in [0.3, 0.4) is 0 Å². The lowest BCUT2D eigenvalue weighted by molar-refractivity contribution is -0.123. The molecule has 5 nitrogen and oxygen atoms in total. The molecule has 0 unspecified atom stereocenters. The number of hydrogen-bond acceptors (Lipinski definition) is 3. The summed E-state index contributed by atoms with van der Waals surface area (Å²) in [4.78, 5) is 16.9. The highest BCUT2D eigenvalue weighted by atomic mass is 35.5. The number of aromatic nitrogens is 2. The summed E-state index contributed by atoms with van der Waals surface area (Å²) in [6.45, 7) is 1.28. The zero-order chi connectivity index (χ0) is 24.6. The lowest BCUT2D eigenvalue weighted by Crippen LogP contribution is -2.29. The van der Waals surface area contributed by atoms with Crippen molar-refractivity contribution in [2.24, 2.45) is 0 Å². The average molecular weight is 531 g/mol. The molecule has 4 rings (SSSR count). The number of aryl methyl sites for hydroxylation is 1. The number of carbonyl (C=O) groups is 1. The monoisotopic (exact) mass is 529 g/mol. The Hall–Kier alpha value is -2.73. The number of ether oxygens (including phenoxy) is 1. The molecule has 0 spiro atoms. The van der Waals surface area contributed by atoms with Crippen LogP contribution in [0.5, 0.6) is 5.75 Å². The van der Waals surface area contributed by atoms with Crippen molar-refractivity contribution in [1.29, 1.82) is 0 Å². The van der Waals surface area contributed by atoms with Crippen LogP contribution in [0.15, 0.2) is 66.7 Å². The largest absolute Gasteiger partial charge is 0.484 e. The van der Waals surface area contributed by atoms with E-state index in [4.69, 9.17) is 44.5 Å². The molecule has 1 N–H and O–H groups in total. The van der Waals surface area contributed by atoms with Gasteiger partial charge in [-0.3, -0.25) is 4.79 Å². The van der Waals surface area contributed by atoms with Crippen LogP contribution >= 0.6 is 34.8 Å². The first-order chi connectivity index (χ1) is 17.0. The molecule has 0 saturated carbocycles. The van der Waals surface area contributed by atoms with E-state index in [0.29, 0.717) is 33.9 Å². The first-order valence-corrected chi connectivity index (χ1v) is 12.7. The van der Waals surface area contributed by atoms with Gasteiger partial charge in [-0.05, 0) is 66.9 Å². The summed E-state index contributed by atoms with van der Waals surface area (Å²) in [5.74, 6) is 1.52. The first kappa shape index (κ1) is 25.4. The topological polar surface area (TPSA) is 56.1 Å². The molecule has 0 radical (unpaired) electrons. The Morgan fingerprint density at radius 3 is 2.51 bits per heavy atom. The number of halogens is 3. The van der Waals surface area contributed by atoms with E-state index in [1.165, 1.54) is 0 Å². The molecule has 1 aromatic heterocycles. The van der Waals surface area contributed by atoms with Gasteiger partial charge in [0.05, 0.1) is 21.1 Å². The van der Waals surface area contributed by atoms with Crippen LogP contribution in [-0.2, 0) is 17.8 Å². The zero-order valence-electron chi connectivity index (χ0n) is 19.1. The normalized spacial score (nSPS) is 11.1. The van der Waals surface area contributed by atoms with Gasteiger partial charge in [-0.2, -0.15) is 0 Å². The predicted octanol–water partition coefficient (Wildman–Crippen LogP) is 6.95. The third kappa shape index (κ3) is 7.14. The second kappa shape index (κ2) is 12.3. The Balaban J connectivity index is 1.25. The minimum absolute atomic E-state index is 0.0135. The van der Waals surface area contributed by atoms with E-state index < -0.39 is 0 Å². The van der Waals surface area contributed by atoms with Gasteiger partial charge in [0.25, 0.3) is 5.91 Å². The van der Waals surface area contributed by atoms with Gasteiger partial charge < -0.3 is 14.6 Å². The van der Waals surface area contributed by atoms with E-state index in [1.807, 2.05) is 36.4 Å². The van der Waals surface area contributed by atoms with Crippen LogP contribution in [0.25, 0.3) is 11.0 Å². The van der Waals surface area contributed by atoms with Crippen molar-refractivity contribution in [3.63, 3.8) is 0 Å². The predicted molar refractivity (Wildman–Crippen MR) is 143 cm³/mol. The molecule has 4 aromatic rings. The number of fused-ring (bicyclic) bond motifs is 1. The molecule has 0 saturated heterocycles. The van der Waals surface area contributed by atoms with E-state index >= 15 is 0 Å². The quantitative estimate of drug-likeness (QED) is 0.213. The van der Waals surface area contributed by atoms with Gasteiger partial charge in [0, 0.05) is 24.5 Å². The summed E-state index contributed by atoms with van der Waals surface area (Å²) in [5, 5.41) is 4.64. The molecule has 0 aliphatic heterocycles. The number of para-hydroxylation sites is 2. The van der Waals surface area contributed by atoms with Gasteiger partial charge in [-0.15, -0.1) is 0 Å². The zero-order valence-corrected chi connectivity index (χ0v) is 21.4. The molecule has 0 aliphatic rings. The second-order valence-corrected chi connectivity index (χ2v) is 9.51. The van der Waals surface area contributed by atoms with E-state index in [9.17, 15) is 4.79 Å². The smallest absolute Gasteiger partial charge is 0.257 e. The molecule has 0 bridgehead atoms. The molecule has 182 valence electrons. The number of rotatable bonds is 11. The molecule has 35 heavy (non-hydrogen) atoms. The lowest BCUT2D eigenvalue weighted by atomic mass is 10.1. The maximum Gasteiger partial charge on any atom is 0.257 e. The SMILES string of the molecule is O=C(COc1ccc(Cl)cc1)NCCCCCc1nc2ccccc2n1Cc1ccc(Cl)c(Cl)c1. The summed E-state index contributed by atoms with van der Waals surface area (Å²) < 4.78 is 7.71. The fraction of sp³-hybridized carbons (Fsp3) is 0.259. The van der Waals surface area contributed by atoms with E-state index in [-0.39, 0.29) is 12.5 Å². The molecule has 0 atom stereocenters. The molecular formula is C27H26Cl3N3O2. The summed E-state index contributed by atoms with van der Waals surface area (Å²) in [6.07, 6.45) is 3.69. The van der Waals surface area contributed by atoms with Crippen molar-refractivity contribution >= 4 is 51.7 Å². The summed E-state index contributed by atoms with van der Waals surface area (Å²) in [5.41, 5.74) is 3.16. The fourth-order valence-corrected chi connectivity index (χ4v) is 4.30. The van der Waals surface area contributed by atoms with E-state index in [1.54, 1.807) is 24.3 Å². The van der Waals surface area contributed by atoms with Crippen LogP contribution < -0.4 is 10.1 Å². The molecule has 3 aromatic carbocycles. The van der Waals surface area contributed by atoms with Crippen LogP contribution in [-0.4, -0.2) is 28.6 Å². The molecule has 0 aliphatic carbocycles. The summed E-state index contributed by atoms with van der Waals surface area (Å²) in [6, 6.07) is 20.8. The molecule has 0 fully saturated rings. The van der Waals surface area contributed by atoms with Crippen LogP contribution in [0, 0.1) is 0 Å². The Morgan fingerprint density at radius 1 is 0.914 bits per heavy atom. The summed E-state index contributed by atoms with van der Waals surface area (Å²) >= 11 is 18.2. The third-order valence-corrected chi connectivity index (χ3v) is 6.63. The van der Waals surface area contributed by atoms with Gasteiger partial charge in [0.15, 0.2) is 6.61 Å². The van der Waals surface area contributed by atoms with E-state index in [0.717, 1.165) is 48.1 Å². The van der Waals surface area contributed by atoms with Gasteiger partial charge in [0.1, 0.15) is 11.6 Å². The Kier molecular flexibility index (Phi) is 8.91. The number of carbonyl (C=O) groups excluding carboxylic acids is 1. The number of nitrogens with one attached hydrogen (secondary N) is 1.